The van der Waals surface area contributed by atoms with Crippen LogP contribution in [0, 0.1) is 5.41 Å². The third-order valence-corrected chi connectivity index (χ3v) is 4.72. The summed E-state index contributed by atoms with van der Waals surface area (Å²) in [6.07, 6.45) is 0. The summed E-state index contributed by atoms with van der Waals surface area (Å²) in [6, 6.07) is 7.91. The van der Waals surface area contributed by atoms with Crippen LogP contribution in [0.1, 0.15) is 20.8 Å². The van der Waals surface area contributed by atoms with Crippen molar-refractivity contribution >= 4 is 53.1 Å². The molecule has 1 aliphatic rings. The summed E-state index contributed by atoms with van der Waals surface area (Å²) < 4.78 is 0. The fourth-order valence-electron chi connectivity index (χ4n) is 2.64. The van der Waals surface area contributed by atoms with E-state index >= 15 is 0 Å². The molecule has 6 nitrogen and oxygen atoms in total. The van der Waals surface area contributed by atoms with Crippen molar-refractivity contribution in [3.05, 3.63) is 29.3 Å². The number of halogens is 2. The van der Waals surface area contributed by atoms with E-state index in [1.807, 2.05) is 45.0 Å². The molecule has 0 spiro atoms. The smallest absolute Gasteiger partial charge is 0.224 e. The van der Waals surface area contributed by atoms with E-state index in [4.69, 9.17) is 17.3 Å². The molecule has 0 aliphatic carbocycles. The molecule has 2 rings (SSSR count). The van der Waals surface area contributed by atoms with E-state index in [2.05, 4.69) is 20.1 Å². The Labute approximate surface area is 178 Å². The fourth-order valence-corrected chi connectivity index (χ4v) is 2.90. The van der Waals surface area contributed by atoms with Crippen molar-refractivity contribution in [1.29, 1.82) is 0 Å². The van der Waals surface area contributed by atoms with Crippen LogP contribution >= 0.6 is 35.6 Å². The van der Waals surface area contributed by atoms with Crippen LogP contribution in [0.3, 0.4) is 0 Å². The van der Waals surface area contributed by atoms with Gasteiger partial charge in [-0.2, -0.15) is 0 Å². The maximum Gasteiger partial charge on any atom is 0.224 e. The molecule has 0 saturated carbocycles. The highest BCUT2D eigenvalue weighted by molar-refractivity contribution is 14.0. The number of primary amides is 1. The maximum absolute atomic E-state index is 11.5. The molecular weight excluding hydrogens is 465 g/mol. The van der Waals surface area contributed by atoms with E-state index in [0.29, 0.717) is 6.54 Å². The first-order chi connectivity index (χ1) is 11.8. The molecule has 0 radical (unpaired) electrons. The van der Waals surface area contributed by atoms with Gasteiger partial charge in [0.05, 0.1) is 22.7 Å². The Morgan fingerprint density at radius 2 is 1.88 bits per heavy atom. The quantitative estimate of drug-likeness (QED) is 0.376. The van der Waals surface area contributed by atoms with Crippen LogP contribution in [0.2, 0.25) is 5.02 Å². The number of anilines is 1. The summed E-state index contributed by atoms with van der Waals surface area (Å²) in [6.45, 7) is 10.2. The Balaban J connectivity index is 0.00000338. The van der Waals surface area contributed by atoms with E-state index in [-0.39, 0.29) is 29.9 Å². The van der Waals surface area contributed by atoms with Crippen molar-refractivity contribution in [2.24, 2.45) is 16.1 Å². The largest absolute Gasteiger partial charge is 0.369 e. The normalized spacial score (nSPS) is 15.5. The molecule has 3 N–H and O–H groups in total. The van der Waals surface area contributed by atoms with E-state index < -0.39 is 5.41 Å². The first kappa shape index (κ1) is 22.8. The second-order valence-electron chi connectivity index (χ2n) is 6.84. The number of piperazine rings is 1. The second-order valence-corrected chi connectivity index (χ2v) is 7.25. The van der Waals surface area contributed by atoms with Gasteiger partial charge in [-0.1, -0.05) is 23.7 Å². The summed E-state index contributed by atoms with van der Waals surface area (Å²) in [5.74, 6) is 0.492. The molecule has 1 saturated heterocycles. The van der Waals surface area contributed by atoms with Gasteiger partial charge in [-0.05, 0) is 32.9 Å². The lowest BCUT2D eigenvalue weighted by atomic mass is 9.93. The van der Waals surface area contributed by atoms with Crippen molar-refractivity contribution in [3.63, 3.8) is 0 Å². The van der Waals surface area contributed by atoms with Gasteiger partial charge in [0.25, 0.3) is 0 Å². The van der Waals surface area contributed by atoms with Gasteiger partial charge in [0.2, 0.25) is 5.91 Å². The SMILES string of the molecule is CCNC(=NCC(C)(C)C(N)=O)N1CCN(c2ccccc2Cl)CC1.I. The molecular formula is C18H29ClIN5O. The minimum Gasteiger partial charge on any atom is -0.369 e. The van der Waals surface area contributed by atoms with Gasteiger partial charge in [-0.25, -0.2) is 0 Å². The Morgan fingerprint density at radius 3 is 2.42 bits per heavy atom. The lowest BCUT2D eigenvalue weighted by Crippen LogP contribution is -2.53. The monoisotopic (exact) mass is 493 g/mol. The van der Waals surface area contributed by atoms with Crippen LogP contribution in [0.15, 0.2) is 29.3 Å². The number of aliphatic imine (C=N–C) groups is 1. The number of benzene rings is 1. The molecule has 1 amide bonds. The number of hydrogen-bond acceptors (Lipinski definition) is 3. The summed E-state index contributed by atoms with van der Waals surface area (Å²) in [4.78, 5) is 20.6. The molecule has 1 aromatic rings. The predicted molar refractivity (Wildman–Crippen MR) is 120 cm³/mol. The Hall–Kier alpha value is -1.22. The third kappa shape index (κ3) is 5.90. The van der Waals surface area contributed by atoms with Crippen LogP contribution in [0.5, 0.6) is 0 Å². The number of carbonyl (C=O) groups excluding carboxylic acids is 1. The number of nitrogens with zero attached hydrogens (tertiary/aromatic N) is 3. The van der Waals surface area contributed by atoms with Crippen molar-refractivity contribution in [1.82, 2.24) is 10.2 Å². The molecule has 8 heteroatoms. The molecule has 0 aromatic heterocycles. The molecule has 1 aliphatic heterocycles. The standard InChI is InChI=1S/C18H28ClN5O.HI/c1-4-21-17(22-13-18(2,3)16(20)25)24-11-9-23(10-12-24)15-8-6-5-7-14(15)19;/h5-8H,4,9-13H2,1-3H3,(H2,20,25)(H,21,22);1H. The summed E-state index contributed by atoms with van der Waals surface area (Å²) in [5, 5.41) is 4.09. The van der Waals surface area contributed by atoms with Gasteiger partial charge in [0.1, 0.15) is 0 Å². The number of nitrogens with one attached hydrogen (secondary N) is 1. The maximum atomic E-state index is 11.5. The zero-order chi connectivity index (χ0) is 18.4. The highest BCUT2D eigenvalue weighted by atomic mass is 127. The second kappa shape index (κ2) is 10.2. The summed E-state index contributed by atoms with van der Waals surface area (Å²) in [7, 11) is 0. The minimum atomic E-state index is -0.653. The van der Waals surface area contributed by atoms with E-state index in [1.54, 1.807) is 0 Å². The Kier molecular flexibility index (Phi) is 8.95. The number of hydrogen-bond donors (Lipinski definition) is 2. The third-order valence-electron chi connectivity index (χ3n) is 4.40. The zero-order valence-electron chi connectivity index (χ0n) is 15.7. The minimum absolute atomic E-state index is 0. The van der Waals surface area contributed by atoms with Gasteiger partial charge in [-0.15, -0.1) is 24.0 Å². The number of rotatable bonds is 5. The molecule has 0 bridgehead atoms. The number of para-hydroxylation sites is 1. The fraction of sp³-hybridized carbons (Fsp3) is 0.556. The first-order valence-corrected chi connectivity index (χ1v) is 9.05. The summed E-state index contributed by atoms with van der Waals surface area (Å²) >= 11 is 6.30. The molecule has 0 unspecified atom stereocenters. The molecule has 1 heterocycles. The number of carbonyl (C=O) groups is 1. The average Bonchev–Trinajstić information content (AvgIpc) is 2.59. The van der Waals surface area contributed by atoms with Gasteiger partial charge in [0, 0.05) is 32.7 Å². The first-order valence-electron chi connectivity index (χ1n) is 8.68. The molecule has 1 fully saturated rings. The number of guanidine groups is 1. The molecule has 146 valence electrons. The van der Waals surface area contributed by atoms with Crippen LogP contribution in [0.4, 0.5) is 5.69 Å². The Morgan fingerprint density at radius 1 is 1.27 bits per heavy atom. The number of amides is 1. The molecule has 1 aromatic carbocycles. The predicted octanol–water partition coefficient (Wildman–Crippen LogP) is 2.56. The van der Waals surface area contributed by atoms with Crippen LogP contribution < -0.4 is 16.0 Å². The molecule has 0 atom stereocenters. The highest BCUT2D eigenvalue weighted by Gasteiger charge is 2.26. The number of nitrogens with two attached hydrogens (primary N) is 1. The van der Waals surface area contributed by atoms with Crippen molar-refractivity contribution in [2.45, 2.75) is 20.8 Å². The van der Waals surface area contributed by atoms with Crippen LogP contribution in [-0.2, 0) is 4.79 Å². The Bertz CT molecular complexity index is 630. The van der Waals surface area contributed by atoms with E-state index in [1.165, 1.54) is 0 Å². The van der Waals surface area contributed by atoms with Crippen molar-refractivity contribution in [2.75, 3.05) is 44.2 Å². The summed E-state index contributed by atoms with van der Waals surface area (Å²) in [5.41, 5.74) is 5.86. The van der Waals surface area contributed by atoms with Crippen LogP contribution in [-0.4, -0.2) is 56.0 Å². The van der Waals surface area contributed by atoms with Gasteiger partial charge < -0.3 is 20.9 Å². The molecule has 26 heavy (non-hydrogen) atoms. The van der Waals surface area contributed by atoms with Crippen molar-refractivity contribution in [3.8, 4) is 0 Å². The van der Waals surface area contributed by atoms with E-state index in [9.17, 15) is 4.79 Å². The van der Waals surface area contributed by atoms with Gasteiger partial charge >= 0.3 is 0 Å². The van der Waals surface area contributed by atoms with Gasteiger partial charge in [-0.3, -0.25) is 9.79 Å². The van der Waals surface area contributed by atoms with Gasteiger partial charge in [0.15, 0.2) is 5.96 Å². The lowest BCUT2D eigenvalue weighted by Gasteiger charge is -2.38. The average molecular weight is 494 g/mol. The zero-order valence-corrected chi connectivity index (χ0v) is 18.8. The topological polar surface area (TPSA) is 74.0 Å². The van der Waals surface area contributed by atoms with Crippen molar-refractivity contribution < 1.29 is 4.79 Å². The highest BCUT2D eigenvalue weighted by Crippen LogP contribution is 2.26. The van der Waals surface area contributed by atoms with E-state index in [0.717, 1.165) is 49.4 Å². The lowest BCUT2D eigenvalue weighted by molar-refractivity contribution is -0.125. The van der Waals surface area contributed by atoms with Crippen LogP contribution in [0.25, 0.3) is 0 Å².